The Labute approximate surface area is 191 Å². The summed E-state index contributed by atoms with van der Waals surface area (Å²) in [5, 5.41) is 2.00. The number of carbonyl (C=O) groups is 3. The molecule has 3 amide bonds. The molecule has 4 heterocycles. The Balaban J connectivity index is 1.43. The smallest absolute Gasteiger partial charge is 0.258 e. The summed E-state index contributed by atoms with van der Waals surface area (Å²) in [4.78, 5) is 46.0. The second-order valence-electron chi connectivity index (χ2n) is 8.84. The first-order chi connectivity index (χ1) is 15.5. The minimum atomic E-state index is -0.837. The van der Waals surface area contributed by atoms with E-state index in [1.54, 1.807) is 38.2 Å². The molecule has 0 aliphatic carbocycles. The highest BCUT2D eigenvalue weighted by Gasteiger charge is 2.53. The second-order valence-corrected chi connectivity index (χ2v) is 9.88. The lowest BCUT2D eigenvalue weighted by Gasteiger charge is -2.48. The number of para-hydroxylation sites is 1. The van der Waals surface area contributed by atoms with Crippen LogP contribution in [0.5, 0.6) is 0 Å². The predicted molar refractivity (Wildman–Crippen MR) is 121 cm³/mol. The molecule has 32 heavy (non-hydrogen) atoms. The van der Waals surface area contributed by atoms with Crippen molar-refractivity contribution in [2.45, 2.75) is 50.9 Å². The van der Waals surface area contributed by atoms with Crippen molar-refractivity contribution in [1.82, 2.24) is 9.80 Å². The number of benzene rings is 1. The van der Waals surface area contributed by atoms with Gasteiger partial charge in [0.2, 0.25) is 11.8 Å². The lowest BCUT2D eigenvalue weighted by Crippen LogP contribution is -2.64. The lowest BCUT2D eigenvalue weighted by molar-refractivity contribution is -0.135. The fraction of sp³-hybridized carbons (Fsp3) is 0.458. The molecule has 7 nitrogen and oxygen atoms in total. The molecule has 2 saturated heterocycles. The van der Waals surface area contributed by atoms with Crippen LogP contribution in [-0.2, 0) is 20.9 Å². The van der Waals surface area contributed by atoms with Crippen molar-refractivity contribution in [3.05, 3.63) is 52.2 Å². The summed E-state index contributed by atoms with van der Waals surface area (Å²) in [5.74, 6) is -0.336. The Morgan fingerprint density at radius 1 is 1.25 bits per heavy atom. The van der Waals surface area contributed by atoms with Crippen molar-refractivity contribution >= 4 is 34.7 Å². The van der Waals surface area contributed by atoms with Crippen LogP contribution in [0, 0.1) is 0 Å². The quantitative estimate of drug-likeness (QED) is 0.673. The maximum atomic E-state index is 13.6. The summed E-state index contributed by atoms with van der Waals surface area (Å²) >= 11 is 1.61. The van der Waals surface area contributed by atoms with Gasteiger partial charge in [-0.05, 0) is 49.8 Å². The summed E-state index contributed by atoms with van der Waals surface area (Å²) < 4.78 is 5.79. The van der Waals surface area contributed by atoms with Crippen molar-refractivity contribution in [2.75, 3.05) is 24.6 Å². The number of nitrogens with zero attached hydrogens (tertiary/aromatic N) is 3. The zero-order valence-electron chi connectivity index (χ0n) is 18.2. The number of amides is 3. The molecule has 0 radical (unpaired) electrons. The van der Waals surface area contributed by atoms with Gasteiger partial charge in [0.1, 0.15) is 12.2 Å². The molecule has 0 saturated carbocycles. The van der Waals surface area contributed by atoms with E-state index in [0.717, 1.165) is 24.3 Å². The van der Waals surface area contributed by atoms with Crippen molar-refractivity contribution in [3.63, 3.8) is 0 Å². The number of thiophene rings is 1. The lowest BCUT2D eigenvalue weighted by atomic mass is 9.98. The van der Waals surface area contributed by atoms with E-state index < -0.39 is 5.66 Å². The number of ether oxygens (including phenoxy) is 1. The Morgan fingerprint density at radius 2 is 2.09 bits per heavy atom. The molecule has 8 heteroatoms. The maximum absolute atomic E-state index is 13.6. The number of fused-ring (bicyclic) bond motifs is 3. The van der Waals surface area contributed by atoms with Gasteiger partial charge in [-0.2, -0.15) is 0 Å². The molecule has 3 aliphatic rings. The molecule has 0 spiro atoms. The Morgan fingerprint density at radius 3 is 2.84 bits per heavy atom. The van der Waals surface area contributed by atoms with Crippen LogP contribution in [0.2, 0.25) is 0 Å². The number of rotatable bonds is 6. The van der Waals surface area contributed by atoms with Gasteiger partial charge in [-0.1, -0.05) is 18.2 Å². The van der Waals surface area contributed by atoms with Gasteiger partial charge in [0.25, 0.3) is 5.91 Å². The van der Waals surface area contributed by atoms with E-state index in [2.05, 4.69) is 0 Å². The van der Waals surface area contributed by atoms with Crippen molar-refractivity contribution < 1.29 is 19.1 Å². The van der Waals surface area contributed by atoms with E-state index in [1.165, 1.54) is 0 Å². The first-order valence-corrected chi connectivity index (χ1v) is 12.0. The maximum Gasteiger partial charge on any atom is 0.258 e. The Hall–Kier alpha value is -2.71. The van der Waals surface area contributed by atoms with Crippen molar-refractivity contribution in [1.29, 1.82) is 0 Å². The highest BCUT2D eigenvalue weighted by molar-refractivity contribution is 7.09. The molecule has 2 unspecified atom stereocenters. The van der Waals surface area contributed by atoms with Gasteiger partial charge in [0.05, 0.1) is 23.9 Å². The molecule has 0 N–H and O–H groups in total. The largest absolute Gasteiger partial charge is 0.376 e. The van der Waals surface area contributed by atoms with E-state index in [-0.39, 0.29) is 30.4 Å². The Bertz CT molecular complexity index is 1030. The molecular weight excluding hydrogens is 426 g/mol. The van der Waals surface area contributed by atoms with Crippen LogP contribution in [0.1, 0.15) is 47.8 Å². The SMILES string of the molecule is CC12CCC(=O)N1c1ccccc1C(=O)N2CC(=O)N(Cc1cccs1)CC1CCCO1. The van der Waals surface area contributed by atoms with Crippen LogP contribution in [-0.4, -0.2) is 59.0 Å². The molecular formula is C24H27N3O4S. The molecule has 2 fully saturated rings. The Kier molecular flexibility index (Phi) is 5.51. The third-order valence-electron chi connectivity index (χ3n) is 6.77. The van der Waals surface area contributed by atoms with E-state index in [1.807, 2.05) is 36.6 Å². The first-order valence-electron chi connectivity index (χ1n) is 11.1. The van der Waals surface area contributed by atoms with Crippen LogP contribution in [0.3, 0.4) is 0 Å². The third kappa shape index (κ3) is 3.61. The van der Waals surface area contributed by atoms with Gasteiger partial charge in [0, 0.05) is 24.4 Å². The summed E-state index contributed by atoms with van der Waals surface area (Å²) in [7, 11) is 0. The first kappa shape index (κ1) is 21.2. The van der Waals surface area contributed by atoms with Crippen LogP contribution >= 0.6 is 11.3 Å². The monoisotopic (exact) mass is 453 g/mol. The fourth-order valence-corrected chi connectivity index (χ4v) is 5.78. The summed E-state index contributed by atoms with van der Waals surface area (Å²) in [6.07, 6.45) is 2.83. The van der Waals surface area contributed by atoms with Crippen LogP contribution in [0.15, 0.2) is 41.8 Å². The van der Waals surface area contributed by atoms with Crippen LogP contribution in [0.4, 0.5) is 5.69 Å². The summed E-state index contributed by atoms with van der Waals surface area (Å²) in [5.41, 5.74) is 0.273. The van der Waals surface area contributed by atoms with Crippen molar-refractivity contribution in [3.8, 4) is 0 Å². The van der Waals surface area contributed by atoms with E-state index >= 15 is 0 Å². The van der Waals surface area contributed by atoms with E-state index in [0.29, 0.717) is 37.2 Å². The highest BCUT2D eigenvalue weighted by Crippen LogP contribution is 2.43. The van der Waals surface area contributed by atoms with Gasteiger partial charge in [-0.15, -0.1) is 11.3 Å². The average Bonchev–Trinajstić information content (AvgIpc) is 3.54. The van der Waals surface area contributed by atoms with Crippen molar-refractivity contribution in [2.24, 2.45) is 0 Å². The normalized spacial score (nSPS) is 24.6. The molecule has 2 atom stereocenters. The molecule has 0 bridgehead atoms. The standard InChI is InChI=1S/C24H27N3O4S/c1-24-11-10-21(28)27(24)20-9-3-2-8-19(20)23(30)26(24)16-22(29)25(14-17-6-4-12-31-17)15-18-7-5-13-32-18/h2-3,5,7-9,13,17H,4,6,10-12,14-16H2,1H3. The van der Waals surface area contributed by atoms with Gasteiger partial charge >= 0.3 is 0 Å². The van der Waals surface area contributed by atoms with Gasteiger partial charge < -0.3 is 14.5 Å². The van der Waals surface area contributed by atoms with Crippen LogP contribution < -0.4 is 4.90 Å². The fourth-order valence-electron chi connectivity index (χ4n) is 5.06. The average molecular weight is 454 g/mol. The second kappa shape index (κ2) is 8.33. The third-order valence-corrected chi connectivity index (χ3v) is 7.63. The molecule has 2 aromatic rings. The highest BCUT2D eigenvalue weighted by atomic mass is 32.1. The van der Waals surface area contributed by atoms with E-state index in [4.69, 9.17) is 4.74 Å². The molecule has 1 aromatic heterocycles. The zero-order chi connectivity index (χ0) is 22.3. The van der Waals surface area contributed by atoms with E-state index in [9.17, 15) is 14.4 Å². The molecule has 1 aromatic carbocycles. The summed E-state index contributed by atoms with van der Waals surface area (Å²) in [6.45, 7) is 3.56. The number of hydrogen-bond acceptors (Lipinski definition) is 5. The zero-order valence-corrected chi connectivity index (χ0v) is 19.0. The van der Waals surface area contributed by atoms with Crippen LogP contribution in [0.25, 0.3) is 0 Å². The minimum absolute atomic E-state index is 0.0142. The molecule has 168 valence electrons. The van der Waals surface area contributed by atoms with Gasteiger partial charge in [-0.3, -0.25) is 19.3 Å². The minimum Gasteiger partial charge on any atom is -0.376 e. The topological polar surface area (TPSA) is 70.2 Å². The molecule has 5 rings (SSSR count). The summed E-state index contributed by atoms with van der Waals surface area (Å²) in [6, 6.07) is 11.2. The van der Waals surface area contributed by atoms with Gasteiger partial charge in [0.15, 0.2) is 0 Å². The number of anilines is 1. The number of hydrogen-bond donors (Lipinski definition) is 0. The van der Waals surface area contributed by atoms with Gasteiger partial charge in [-0.25, -0.2) is 0 Å². The molecule has 3 aliphatic heterocycles. The number of carbonyl (C=O) groups excluding carboxylic acids is 3. The predicted octanol–water partition coefficient (Wildman–Crippen LogP) is 3.25.